The maximum atomic E-state index is 13.1. The Morgan fingerprint density at radius 2 is 1.80 bits per heavy atom. The quantitative estimate of drug-likeness (QED) is 0.437. The van der Waals surface area contributed by atoms with Crippen LogP contribution in [0.2, 0.25) is 0 Å². The molecule has 0 saturated heterocycles. The number of halogens is 1. The van der Waals surface area contributed by atoms with E-state index in [0.717, 1.165) is 11.1 Å². The highest BCUT2D eigenvalue weighted by Crippen LogP contribution is 2.26. The molecule has 1 heterocycles. The summed E-state index contributed by atoms with van der Waals surface area (Å²) < 4.78 is 18.9. The number of nitrogens with one attached hydrogen (secondary N) is 2. The Labute approximate surface area is 177 Å². The van der Waals surface area contributed by atoms with Crippen molar-refractivity contribution in [1.29, 1.82) is 0 Å². The molecule has 4 rings (SSSR count). The van der Waals surface area contributed by atoms with Crippen LogP contribution in [0.25, 0.3) is 22.6 Å². The van der Waals surface area contributed by atoms with Crippen LogP contribution in [-0.2, 0) is 0 Å². The summed E-state index contributed by atoms with van der Waals surface area (Å²) in [6.45, 7) is 3.86. The molecule has 0 radical (unpaired) electrons. The summed E-state index contributed by atoms with van der Waals surface area (Å²) in [5.74, 6) is -0.197. The van der Waals surface area contributed by atoms with Gasteiger partial charge in [-0.3, -0.25) is 10.1 Å². The molecule has 0 unspecified atom stereocenters. The zero-order valence-corrected chi connectivity index (χ0v) is 17.1. The number of fused-ring (bicyclic) bond motifs is 1. The van der Waals surface area contributed by atoms with E-state index in [2.05, 4.69) is 15.6 Å². The van der Waals surface area contributed by atoms with Crippen molar-refractivity contribution in [3.63, 3.8) is 0 Å². The van der Waals surface area contributed by atoms with Crippen molar-refractivity contribution < 1.29 is 13.6 Å². The normalized spacial score (nSPS) is 10.8. The largest absolute Gasteiger partial charge is 0.436 e. The Morgan fingerprint density at radius 1 is 1.03 bits per heavy atom. The maximum Gasteiger partial charge on any atom is 0.257 e. The van der Waals surface area contributed by atoms with Gasteiger partial charge in [-0.2, -0.15) is 0 Å². The van der Waals surface area contributed by atoms with Gasteiger partial charge in [-0.05, 0) is 80.2 Å². The van der Waals surface area contributed by atoms with Crippen LogP contribution >= 0.6 is 12.2 Å². The lowest BCUT2D eigenvalue weighted by Gasteiger charge is -2.11. The number of hydrogen-bond donors (Lipinski definition) is 2. The average Bonchev–Trinajstić information content (AvgIpc) is 3.11. The Kier molecular flexibility index (Phi) is 5.29. The van der Waals surface area contributed by atoms with Crippen molar-refractivity contribution in [3.05, 3.63) is 83.2 Å². The topological polar surface area (TPSA) is 67.2 Å². The van der Waals surface area contributed by atoms with Gasteiger partial charge in [-0.25, -0.2) is 9.37 Å². The fraction of sp³-hybridized carbons (Fsp3) is 0.0870. The smallest absolute Gasteiger partial charge is 0.257 e. The Bertz CT molecular complexity index is 1270. The first kappa shape index (κ1) is 19.7. The third-order valence-electron chi connectivity index (χ3n) is 4.59. The average molecular weight is 419 g/mol. The molecule has 1 amide bonds. The second-order valence-corrected chi connectivity index (χ2v) is 7.34. The maximum absolute atomic E-state index is 13.1. The molecule has 0 aliphatic carbocycles. The first-order chi connectivity index (χ1) is 14.4. The SMILES string of the molecule is Cc1ccc(C(=O)NC(=S)Nc2ccc3oc(-c4ccc(F)cc4)nc3c2)c(C)c1. The zero-order chi connectivity index (χ0) is 21.3. The van der Waals surface area contributed by atoms with E-state index in [-0.39, 0.29) is 16.8 Å². The van der Waals surface area contributed by atoms with Gasteiger partial charge in [0.1, 0.15) is 11.3 Å². The Hall–Kier alpha value is -3.58. The number of thiocarbonyl (C=S) groups is 1. The van der Waals surface area contributed by atoms with Crippen LogP contribution in [0.4, 0.5) is 10.1 Å². The molecule has 4 aromatic rings. The van der Waals surface area contributed by atoms with Gasteiger partial charge in [0, 0.05) is 16.8 Å². The first-order valence-electron chi connectivity index (χ1n) is 9.25. The van der Waals surface area contributed by atoms with E-state index >= 15 is 0 Å². The van der Waals surface area contributed by atoms with Crippen LogP contribution in [0.15, 0.2) is 65.1 Å². The van der Waals surface area contributed by atoms with E-state index in [1.807, 2.05) is 26.0 Å². The van der Waals surface area contributed by atoms with Crippen LogP contribution in [-0.4, -0.2) is 16.0 Å². The highest BCUT2D eigenvalue weighted by molar-refractivity contribution is 7.80. The molecular weight excluding hydrogens is 401 g/mol. The van der Waals surface area contributed by atoms with Gasteiger partial charge in [-0.1, -0.05) is 17.7 Å². The predicted molar refractivity (Wildman–Crippen MR) is 119 cm³/mol. The first-order valence-corrected chi connectivity index (χ1v) is 9.66. The second-order valence-electron chi connectivity index (χ2n) is 6.94. The highest BCUT2D eigenvalue weighted by atomic mass is 32.1. The molecule has 7 heteroatoms. The summed E-state index contributed by atoms with van der Waals surface area (Å²) >= 11 is 5.28. The van der Waals surface area contributed by atoms with Gasteiger partial charge in [-0.15, -0.1) is 0 Å². The van der Waals surface area contributed by atoms with E-state index in [0.29, 0.717) is 33.8 Å². The van der Waals surface area contributed by atoms with Gasteiger partial charge in [0.25, 0.3) is 5.91 Å². The van der Waals surface area contributed by atoms with Crippen LogP contribution in [0.1, 0.15) is 21.5 Å². The van der Waals surface area contributed by atoms with Crippen molar-refractivity contribution in [2.75, 3.05) is 5.32 Å². The van der Waals surface area contributed by atoms with Gasteiger partial charge in [0.2, 0.25) is 5.89 Å². The van der Waals surface area contributed by atoms with Crippen molar-refractivity contribution >= 4 is 40.0 Å². The molecule has 2 N–H and O–H groups in total. The molecule has 0 fully saturated rings. The summed E-state index contributed by atoms with van der Waals surface area (Å²) in [6.07, 6.45) is 0. The number of hydrogen-bond acceptors (Lipinski definition) is 4. The number of aryl methyl sites for hydroxylation is 2. The number of anilines is 1. The summed E-state index contributed by atoms with van der Waals surface area (Å²) in [6, 6.07) is 16.8. The number of carbonyl (C=O) groups is 1. The summed E-state index contributed by atoms with van der Waals surface area (Å²) in [4.78, 5) is 16.9. The number of aromatic nitrogens is 1. The fourth-order valence-corrected chi connectivity index (χ4v) is 3.33. The lowest BCUT2D eigenvalue weighted by Crippen LogP contribution is -2.34. The van der Waals surface area contributed by atoms with Crippen LogP contribution in [0, 0.1) is 19.7 Å². The van der Waals surface area contributed by atoms with Crippen LogP contribution < -0.4 is 10.6 Å². The fourth-order valence-electron chi connectivity index (χ4n) is 3.12. The molecule has 0 spiro atoms. The van der Waals surface area contributed by atoms with E-state index in [4.69, 9.17) is 16.6 Å². The van der Waals surface area contributed by atoms with E-state index in [1.54, 1.807) is 36.4 Å². The molecule has 3 aromatic carbocycles. The molecule has 0 saturated carbocycles. The van der Waals surface area contributed by atoms with E-state index in [9.17, 15) is 9.18 Å². The number of rotatable bonds is 3. The van der Waals surface area contributed by atoms with Gasteiger partial charge >= 0.3 is 0 Å². The molecule has 5 nitrogen and oxygen atoms in total. The highest BCUT2D eigenvalue weighted by Gasteiger charge is 2.12. The third-order valence-corrected chi connectivity index (χ3v) is 4.79. The molecule has 0 atom stereocenters. The minimum Gasteiger partial charge on any atom is -0.436 e. The van der Waals surface area contributed by atoms with Gasteiger partial charge < -0.3 is 9.73 Å². The lowest BCUT2D eigenvalue weighted by molar-refractivity contribution is 0.0977. The lowest BCUT2D eigenvalue weighted by atomic mass is 10.1. The minimum atomic E-state index is -0.322. The summed E-state index contributed by atoms with van der Waals surface area (Å²) in [5.41, 5.74) is 5.08. The monoisotopic (exact) mass is 419 g/mol. The standard InChI is InChI=1S/C23H18FN3O2S/c1-13-3-9-18(14(2)11-13)21(28)27-23(30)25-17-8-10-20-19(12-17)26-22(29-20)15-4-6-16(24)7-5-15/h3-12H,1-2H3,(H2,25,27,28,30). The van der Waals surface area contributed by atoms with Crippen LogP contribution in [0.5, 0.6) is 0 Å². The molecule has 0 bridgehead atoms. The molecule has 0 aliphatic rings. The second kappa shape index (κ2) is 8.04. The summed E-state index contributed by atoms with van der Waals surface area (Å²) in [5, 5.41) is 5.86. The van der Waals surface area contributed by atoms with Crippen molar-refractivity contribution in [2.24, 2.45) is 0 Å². The van der Waals surface area contributed by atoms with Crippen molar-refractivity contribution in [3.8, 4) is 11.5 Å². The Morgan fingerprint density at radius 3 is 2.53 bits per heavy atom. The number of oxazole rings is 1. The third kappa shape index (κ3) is 4.21. The number of benzene rings is 3. The van der Waals surface area contributed by atoms with E-state index < -0.39 is 0 Å². The zero-order valence-electron chi connectivity index (χ0n) is 16.3. The molecular formula is C23H18FN3O2S. The van der Waals surface area contributed by atoms with Crippen LogP contribution in [0.3, 0.4) is 0 Å². The summed E-state index contributed by atoms with van der Waals surface area (Å²) in [7, 11) is 0. The van der Waals surface area contributed by atoms with E-state index in [1.165, 1.54) is 12.1 Å². The minimum absolute atomic E-state index is 0.182. The number of amides is 1. The molecule has 0 aliphatic heterocycles. The van der Waals surface area contributed by atoms with Gasteiger partial charge in [0.15, 0.2) is 10.7 Å². The number of carbonyl (C=O) groups excluding carboxylic acids is 1. The predicted octanol–water partition coefficient (Wildman–Crippen LogP) is 5.38. The molecule has 1 aromatic heterocycles. The molecule has 30 heavy (non-hydrogen) atoms. The van der Waals surface area contributed by atoms with Crippen molar-refractivity contribution in [2.45, 2.75) is 13.8 Å². The molecule has 150 valence electrons. The van der Waals surface area contributed by atoms with Gasteiger partial charge in [0.05, 0.1) is 0 Å². The van der Waals surface area contributed by atoms with Crippen molar-refractivity contribution in [1.82, 2.24) is 10.3 Å². The number of nitrogens with zero attached hydrogens (tertiary/aromatic N) is 1. The Balaban J connectivity index is 1.48.